The molecule has 1 heterocycles. The fourth-order valence-electron chi connectivity index (χ4n) is 3.12. The Morgan fingerprint density at radius 2 is 1.86 bits per heavy atom. The average molecular weight is 397 g/mol. The second-order valence-corrected chi connectivity index (χ2v) is 7.77. The summed E-state index contributed by atoms with van der Waals surface area (Å²) in [5.74, 6) is -0.340. The van der Waals surface area contributed by atoms with E-state index in [1.807, 2.05) is 30.3 Å². The summed E-state index contributed by atoms with van der Waals surface area (Å²) in [6.07, 6.45) is 2.68. The summed E-state index contributed by atoms with van der Waals surface area (Å²) < 4.78 is 4.70. The van der Waals surface area contributed by atoms with Crippen molar-refractivity contribution >= 4 is 35.1 Å². The molecule has 3 rings (SSSR count). The van der Waals surface area contributed by atoms with Crippen LogP contribution >= 0.6 is 11.8 Å². The van der Waals surface area contributed by atoms with Crippen LogP contribution < -0.4 is 4.90 Å². The van der Waals surface area contributed by atoms with E-state index >= 15 is 0 Å². The van der Waals surface area contributed by atoms with E-state index in [-0.39, 0.29) is 5.97 Å². The van der Waals surface area contributed by atoms with Gasteiger partial charge in [0, 0.05) is 17.2 Å². The molecule has 0 bridgehead atoms. The first-order valence-corrected chi connectivity index (χ1v) is 10.3. The minimum Gasteiger partial charge on any atom is -0.465 e. The van der Waals surface area contributed by atoms with Gasteiger partial charge in [0.2, 0.25) is 0 Å². The van der Waals surface area contributed by atoms with Gasteiger partial charge in [-0.05, 0) is 48.7 Å². The van der Waals surface area contributed by atoms with Crippen LogP contribution in [0, 0.1) is 0 Å². The Hall–Kier alpha value is -2.60. The van der Waals surface area contributed by atoms with Crippen LogP contribution in [0.3, 0.4) is 0 Å². The van der Waals surface area contributed by atoms with E-state index in [1.165, 1.54) is 7.11 Å². The molecule has 146 valence electrons. The van der Waals surface area contributed by atoms with Crippen LogP contribution in [0.15, 0.2) is 47.4 Å². The van der Waals surface area contributed by atoms with Crippen molar-refractivity contribution in [1.82, 2.24) is 0 Å². The van der Waals surface area contributed by atoms with Gasteiger partial charge < -0.3 is 9.64 Å². The highest BCUT2D eigenvalue weighted by Crippen LogP contribution is 2.33. The number of methoxy groups -OCH3 is 1. The molecule has 0 radical (unpaired) electrons. The lowest BCUT2D eigenvalue weighted by atomic mass is 10.1. The molecule has 2 aromatic carbocycles. The number of ketones is 1. The standard InChI is InChI=1S/C22H23NO4S/c1-3-4-12-23-19-10-9-17(14-18(19)20(24)21(23)25)28-13-11-15-5-7-16(8-6-15)22(26)27-2/h5-10,14H,3-4,11-13H2,1-2H3. The van der Waals surface area contributed by atoms with Crippen LogP contribution in [0.4, 0.5) is 5.69 Å². The third-order valence-electron chi connectivity index (χ3n) is 4.71. The summed E-state index contributed by atoms with van der Waals surface area (Å²) in [6.45, 7) is 2.65. The van der Waals surface area contributed by atoms with E-state index in [1.54, 1.807) is 28.8 Å². The van der Waals surface area contributed by atoms with Gasteiger partial charge in [0.15, 0.2) is 0 Å². The molecule has 0 atom stereocenters. The lowest BCUT2D eigenvalue weighted by Gasteiger charge is -2.16. The van der Waals surface area contributed by atoms with Gasteiger partial charge in [-0.2, -0.15) is 0 Å². The molecule has 0 aliphatic carbocycles. The minimum absolute atomic E-state index is 0.341. The maximum absolute atomic E-state index is 12.3. The molecule has 1 amide bonds. The molecule has 28 heavy (non-hydrogen) atoms. The van der Waals surface area contributed by atoms with E-state index in [9.17, 15) is 14.4 Å². The summed E-state index contributed by atoms with van der Waals surface area (Å²) in [5.41, 5.74) is 2.89. The monoisotopic (exact) mass is 397 g/mol. The highest BCUT2D eigenvalue weighted by molar-refractivity contribution is 7.99. The minimum atomic E-state index is -0.420. The van der Waals surface area contributed by atoms with E-state index in [0.717, 1.165) is 41.2 Å². The molecule has 0 fully saturated rings. The molecule has 1 aliphatic rings. The van der Waals surface area contributed by atoms with Crippen molar-refractivity contribution in [1.29, 1.82) is 0 Å². The molecule has 0 unspecified atom stereocenters. The van der Waals surface area contributed by atoms with E-state index in [0.29, 0.717) is 17.7 Å². The Labute approximate surface area is 169 Å². The number of hydrogen-bond acceptors (Lipinski definition) is 5. The van der Waals surface area contributed by atoms with Crippen LogP contribution in [0.25, 0.3) is 0 Å². The lowest BCUT2D eigenvalue weighted by molar-refractivity contribution is -0.114. The number of aryl methyl sites for hydroxylation is 1. The van der Waals surface area contributed by atoms with Gasteiger partial charge in [-0.25, -0.2) is 4.79 Å². The molecular formula is C22H23NO4S. The fourth-order valence-corrected chi connectivity index (χ4v) is 4.06. The van der Waals surface area contributed by atoms with Gasteiger partial charge in [0.1, 0.15) is 0 Å². The first kappa shape index (κ1) is 20.1. The lowest BCUT2D eigenvalue weighted by Crippen LogP contribution is -2.30. The highest BCUT2D eigenvalue weighted by atomic mass is 32.2. The second-order valence-electron chi connectivity index (χ2n) is 6.61. The van der Waals surface area contributed by atoms with Crippen molar-refractivity contribution in [3.63, 3.8) is 0 Å². The van der Waals surface area contributed by atoms with Crippen LogP contribution in [-0.2, 0) is 16.0 Å². The Balaban J connectivity index is 1.61. The quantitative estimate of drug-likeness (QED) is 0.381. The fraction of sp³-hybridized carbons (Fsp3) is 0.318. The van der Waals surface area contributed by atoms with Crippen LogP contribution in [0.2, 0.25) is 0 Å². The number of unbranched alkanes of at least 4 members (excludes halogenated alkanes) is 1. The summed E-state index contributed by atoms with van der Waals surface area (Å²) in [5, 5.41) is 0. The number of Topliss-reactive ketones (excluding diaryl/α,β-unsaturated/α-hetero) is 1. The zero-order chi connectivity index (χ0) is 20.1. The largest absolute Gasteiger partial charge is 0.465 e. The number of ether oxygens (including phenoxy) is 1. The summed E-state index contributed by atoms with van der Waals surface area (Å²) >= 11 is 1.64. The number of carbonyl (C=O) groups is 3. The Morgan fingerprint density at radius 3 is 2.54 bits per heavy atom. The topological polar surface area (TPSA) is 63.7 Å². The van der Waals surface area contributed by atoms with Gasteiger partial charge in [0.05, 0.1) is 23.9 Å². The molecule has 0 saturated heterocycles. The number of nitrogens with zero attached hydrogens (tertiary/aromatic N) is 1. The van der Waals surface area contributed by atoms with Crippen molar-refractivity contribution in [3.8, 4) is 0 Å². The Bertz CT molecular complexity index is 892. The van der Waals surface area contributed by atoms with E-state index < -0.39 is 11.7 Å². The number of amides is 1. The molecule has 0 aromatic heterocycles. The number of hydrogen-bond donors (Lipinski definition) is 0. The number of anilines is 1. The normalized spacial score (nSPS) is 13.0. The third-order valence-corrected chi connectivity index (χ3v) is 5.71. The first-order chi connectivity index (χ1) is 13.5. The zero-order valence-electron chi connectivity index (χ0n) is 16.1. The molecule has 0 saturated carbocycles. The number of esters is 1. The average Bonchev–Trinajstić information content (AvgIpc) is 2.96. The predicted molar refractivity (Wildman–Crippen MR) is 110 cm³/mol. The number of carbonyl (C=O) groups excluding carboxylic acids is 3. The highest BCUT2D eigenvalue weighted by Gasteiger charge is 2.35. The number of thioether (sulfide) groups is 1. The molecule has 6 heteroatoms. The molecule has 0 spiro atoms. The van der Waals surface area contributed by atoms with Crippen LogP contribution in [-0.4, -0.2) is 37.1 Å². The van der Waals surface area contributed by atoms with E-state index in [4.69, 9.17) is 4.74 Å². The SMILES string of the molecule is CCCCN1C(=O)C(=O)c2cc(SCCc3ccc(C(=O)OC)cc3)ccc21. The second kappa shape index (κ2) is 9.06. The van der Waals surface area contributed by atoms with Crippen molar-refractivity contribution in [2.45, 2.75) is 31.1 Å². The van der Waals surface area contributed by atoms with Crippen LogP contribution in [0.5, 0.6) is 0 Å². The molecule has 1 aliphatic heterocycles. The first-order valence-electron chi connectivity index (χ1n) is 9.35. The van der Waals surface area contributed by atoms with Gasteiger partial charge in [-0.1, -0.05) is 25.5 Å². The zero-order valence-corrected chi connectivity index (χ0v) is 16.9. The maximum Gasteiger partial charge on any atom is 0.337 e. The van der Waals surface area contributed by atoms with Crippen molar-refractivity contribution in [3.05, 3.63) is 59.2 Å². The van der Waals surface area contributed by atoms with Gasteiger partial charge >= 0.3 is 5.97 Å². The third kappa shape index (κ3) is 4.28. The van der Waals surface area contributed by atoms with Gasteiger partial charge in [0.25, 0.3) is 11.7 Å². The molecule has 0 N–H and O–H groups in total. The van der Waals surface area contributed by atoms with Gasteiger partial charge in [-0.3, -0.25) is 9.59 Å². The van der Waals surface area contributed by atoms with Crippen molar-refractivity contribution < 1.29 is 19.1 Å². The smallest absolute Gasteiger partial charge is 0.337 e. The summed E-state index contributed by atoms with van der Waals surface area (Å²) in [6, 6.07) is 13.0. The summed E-state index contributed by atoms with van der Waals surface area (Å²) in [4.78, 5) is 38.5. The van der Waals surface area contributed by atoms with Crippen molar-refractivity contribution in [2.24, 2.45) is 0 Å². The number of benzene rings is 2. The maximum atomic E-state index is 12.3. The summed E-state index contributed by atoms with van der Waals surface area (Å²) in [7, 11) is 1.37. The molecule has 2 aromatic rings. The molecule has 5 nitrogen and oxygen atoms in total. The molecular weight excluding hydrogens is 374 g/mol. The predicted octanol–water partition coefficient (Wildman–Crippen LogP) is 4.14. The van der Waals surface area contributed by atoms with Crippen molar-refractivity contribution in [2.75, 3.05) is 24.3 Å². The Kier molecular flexibility index (Phi) is 6.52. The van der Waals surface area contributed by atoms with E-state index in [2.05, 4.69) is 6.92 Å². The number of rotatable bonds is 8. The number of fused-ring (bicyclic) bond motifs is 1. The van der Waals surface area contributed by atoms with Gasteiger partial charge in [-0.15, -0.1) is 11.8 Å². The van der Waals surface area contributed by atoms with Crippen LogP contribution in [0.1, 0.15) is 46.0 Å². The Morgan fingerprint density at radius 1 is 1.11 bits per heavy atom.